The summed E-state index contributed by atoms with van der Waals surface area (Å²) in [5, 5.41) is 11.9. The van der Waals surface area contributed by atoms with Crippen LogP contribution in [0.2, 0.25) is 0 Å². The highest BCUT2D eigenvalue weighted by Gasteiger charge is 2.01. The number of carbonyl (C=O) groups is 1. The molecule has 0 amide bonds. The fourth-order valence-electron chi connectivity index (χ4n) is 0.895. The van der Waals surface area contributed by atoms with Crippen LogP contribution in [0.5, 0.6) is 5.75 Å². The van der Waals surface area contributed by atoms with Crippen molar-refractivity contribution < 1.29 is 19.5 Å². The van der Waals surface area contributed by atoms with Crippen molar-refractivity contribution in [1.29, 1.82) is 0 Å². The fraction of sp³-hybridized carbons (Fsp3) is 0.273. The van der Waals surface area contributed by atoms with Gasteiger partial charge in [0.15, 0.2) is 12.3 Å². The van der Waals surface area contributed by atoms with Crippen molar-refractivity contribution in [3.63, 3.8) is 0 Å². The summed E-state index contributed by atoms with van der Waals surface area (Å²) in [6, 6.07) is 9.27. The van der Waals surface area contributed by atoms with Crippen molar-refractivity contribution in [2.75, 3.05) is 13.2 Å². The lowest BCUT2D eigenvalue weighted by molar-refractivity contribution is -0.129. The first-order valence-electron chi connectivity index (χ1n) is 4.78. The number of oxime groups is 1. The molecule has 0 fully saturated rings. The van der Waals surface area contributed by atoms with Gasteiger partial charge in [-0.15, -0.1) is 0 Å². The summed E-state index contributed by atoms with van der Waals surface area (Å²) in [6.45, 7) is 1.89. The van der Waals surface area contributed by atoms with Gasteiger partial charge in [0.25, 0.3) is 0 Å². The average molecular weight is 223 g/mol. The van der Waals surface area contributed by atoms with Crippen molar-refractivity contribution in [3.8, 4) is 5.75 Å². The molecule has 0 atom stereocenters. The van der Waals surface area contributed by atoms with E-state index >= 15 is 0 Å². The SMILES string of the molecule is CC(=NOCCOc1ccccc1)C(=O)O. The minimum atomic E-state index is -1.09. The van der Waals surface area contributed by atoms with Gasteiger partial charge in [-0.05, 0) is 19.1 Å². The summed E-state index contributed by atoms with van der Waals surface area (Å²) >= 11 is 0. The van der Waals surface area contributed by atoms with Gasteiger partial charge < -0.3 is 14.7 Å². The molecule has 86 valence electrons. The van der Waals surface area contributed by atoms with Crippen LogP contribution in [0.15, 0.2) is 35.5 Å². The van der Waals surface area contributed by atoms with Crippen molar-refractivity contribution >= 4 is 11.7 Å². The zero-order valence-electron chi connectivity index (χ0n) is 8.92. The quantitative estimate of drug-likeness (QED) is 0.451. The van der Waals surface area contributed by atoms with Gasteiger partial charge in [-0.3, -0.25) is 0 Å². The molecule has 0 unspecified atom stereocenters. The van der Waals surface area contributed by atoms with Crippen LogP contribution < -0.4 is 4.74 Å². The van der Waals surface area contributed by atoms with Crippen LogP contribution in [0.3, 0.4) is 0 Å². The average Bonchev–Trinajstić information content (AvgIpc) is 2.29. The third kappa shape index (κ3) is 4.45. The molecule has 0 aliphatic carbocycles. The molecule has 5 heteroatoms. The predicted molar refractivity (Wildman–Crippen MR) is 58.6 cm³/mol. The van der Waals surface area contributed by atoms with Gasteiger partial charge >= 0.3 is 5.97 Å². The number of benzene rings is 1. The number of rotatable bonds is 6. The summed E-state index contributed by atoms with van der Waals surface area (Å²) in [4.78, 5) is 15.1. The lowest BCUT2D eigenvalue weighted by Crippen LogP contribution is -2.10. The Bertz CT molecular complexity index is 362. The summed E-state index contributed by atoms with van der Waals surface area (Å²) in [6.07, 6.45) is 0. The van der Waals surface area contributed by atoms with Crippen LogP contribution in [0.4, 0.5) is 0 Å². The van der Waals surface area contributed by atoms with Gasteiger partial charge in [0.2, 0.25) is 0 Å². The van der Waals surface area contributed by atoms with Crippen molar-refractivity contribution in [3.05, 3.63) is 30.3 Å². The van der Waals surface area contributed by atoms with E-state index in [1.54, 1.807) is 0 Å². The highest BCUT2D eigenvalue weighted by Crippen LogP contribution is 2.07. The van der Waals surface area contributed by atoms with E-state index in [4.69, 9.17) is 14.7 Å². The first-order valence-corrected chi connectivity index (χ1v) is 4.78. The molecule has 1 aromatic rings. The molecular formula is C11H13NO4. The number of aliphatic carboxylic acids is 1. The van der Waals surface area contributed by atoms with Crippen molar-refractivity contribution in [1.82, 2.24) is 0 Å². The lowest BCUT2D eigenvalue weighted by atomic mass is 10.3. The topological polar surface area (TPSA) is 68.1 Å². The molecule has 0 aromatic heterocycles. The van der Waals surface area contributed by atoms with Crippen molar-refractivity contribution in [2.45, 2.75) is 6.92 Å². The Labute approximate surface area is 93.3 Å². The second kappa shape index (κ2) is 6.44. The Kier molecular flexibility index (Phi) is 4.85. The molecule has 0 heterocycles. The molecule has 1 aromatic carbocycles. The van der Waals surface area contributed by atoms with E-state index in [1.807, 2.05) is 30.3 Å². The van der Waals surface area contributed by atoms with Crippen LogP contribution in [-0.4, -0.2) is 30.0 Å². The number of hydrogen-bond acceptors (Lipinski definition) is 4. The molecule has 1 N–H and O–H groups in total. The number of para-hydroxylation sites is 1. The van der Waals surface area contributed by atoms with Gasteiger partial charge in [-0.25, -0.2) is 4.79 Å². The zero-order chi connectivity index (χ0) is 11.8. The van der Waals surface area contributed by atoms with Gasteiger partial charge in [0.05, 0.1) is 0 Å². The number of hydrogen-bond donors (Lipinski definition) is 1. The molecule has 0 saturated heterocycles. The van der Waals surface area contributed by atoms with Crippen LogP contribution in [0.25, 0.3) is 0 Å². The minimum absolute atomic E-state index is 0.0836. The summed E-state index contributed by atoms with van der Waals surface area (Å²) in [7, 11) is 0. The first-order chi connectivity index (χ1) is 7.70. The zero-order valence-corrected chi connectivity index (χ0v) is 8.92. The van der Waals surface area contributed by atoms with Crippen LogP contribution in [0, 0.1) is 0 Å². The molecular weight excluding hydrogens is 210 g/mol. The third-order valence-corrected chi connectivity index (χ3v) is 1.70. The van der Waals surface area contributed by atoms with Gasteiger partial charge in [0, 0.05) is 0 Å². The predicted octanol–water partition coefficient (Wildman–Crippen LogP) is 1.54. The highest BCUT2D eigenvalue weighted by molar-refractivity contribution is 6.34. The Morgan fingerprint density at radius 1 is 1.31 bits per heavy atom. The van der Waals surface area contributed by atoms with E-state index in [-0.39, 0.29) is 12.3 Å². The van der Waals surface area contributed by atoms with E-state index < -0.39 is 5.97 Å². The number of carboxylic acids is 1. The Hall–Kier alpha value is -2.04. The van der Waals surface area contributed by atoms with E-state index in [1.165, 1.54) is 6.92 Å². The van der Waals surface area contributed by atoms with Gasteiger partial charge in [-0.1, -0.05) is 23.4 Å². The molecule has 0 radical (unpaired) electrons. The van der Waals surface area contributed by atoms with Crippen molar-refractivity contribution in [2.24, 2.45) is 5.16 Å². The molecule has 0 spiro atoms. The van der Waals surface area contributed by atoms with Gasteiger partial charge in [-0.2, -0.15) is 0 Å². The maximum atomic E-state index is 10.3. The normalized spacial score (nSPS) is 10.9. The number of nitrogens with zero attached hydrogens (tertiary/aromatic N) is 1. The standard InChI is InChI=1S/C11H13NO4/c1-9(11(13)14)12-16-8-7-15-10-5-3-2-4-6-10/h2-6H,7-8H2,1H3,(H,13,14). The Balaban J connectivity index is 2.18. The number of carboxylic acid groups (broad SMARTS) is 1. The first kappa shape index (κ1) is 12.0. The maximum Gasteiger partial charge on any atom is 0.353 e. The smallest absolute Gasteiger partial charge is 0.353 e. The molecule has 0 bridgehead atoms. The Morgan fingerprint density at radius 3 is 2.62 bits per heavy atom. The van der Waals surface area contributed by atoms with Crippen LogP contribution >= 0.6 is 0 Å². The molecule has 16 heavy (non-hydrogen) atoms. The van der Waals surface area contributed by atoms with E-state index in [0.29, 0.717) is 6.61 Å². The van der Waals surface area contributed by atoms with Crippen LogP contribution in [-0.2, 0) is 9.63 Å². The summed E-state index contributed by atoms with van der Waals surface area (Å²) < 4.78 is 5.31. The minimum Gasteiger partial charge on any atom is -0.490 e. The van der Waals surface area contributed by atoms with E-state index in [2.05, 4.69) is 5.16 Å². The fourth-order valence-corrected chi connectivity index (χ4v) is 0.895. The molecule has 1 rings (SSSR count). The molecule has 0 aliphatic rings. The van der Waals surface area contributed by atoms with E-state index in [9.17, 15) is 4.79 Å². The molecule has 5 nitrogen and oxygen atoms in total. The lowest BCUT2D eigenvalue weighted by Gasteiger charge is -2.04. The molecule has 0 saturated carbocycles. The second-order valence-electron chi connectivity index (χ2n) is 2.98. The van der Waals surface area contributed by atoms with Crippen LogP contribution in [0.1, 0.15) is 6.92 Å². The maximum absolute atomic E-state index is 10.3. The second-order valence-corrected chi connectivity index (χ2v) is 2.98. The third-order valence-electron chi connectivity index (χ3n) is 1.70. The largest absolute Gasteiger partial charge is 0.490 e. The molecule has 0 aliphatic heterocycles. The monoisotopic (exact) mass is 223 g/mol. The highest BCUT2D eigenvalue weighted by atomic mass is 16.6. The summed E-state index contributed by atoms with van der Waals surface area (Å²) in [5.41, 5.74) is -0.0836. The van der Waals surface area contributed by atoms with E-state index in [0.717, 1.165) is 5.75 Å². The van der Waals surface area contributed by atoms with Gasteiger partial charge in [0.1, 0.15) is 12.4 Å². The Morgan fingerprint density at radius 2 is 2.00 bits per heavy atom. The number of ether oxygens (including phenoxy) is 1. The summed E-state index contributed by atoms with van der Waals surface area (Å²) in [5.74, 6) is -0.353.